The highest BCUT2D eigenvalue weighted by Crippen LogP contribution is 2.39. The molecule has 1 aromatic carbocycles. The Morgan fingerprint density at radius 3 is 2.67 bits per heavy atom. The molecule has 0 aliphatic carbocycles. The predicted molar refractivity (Wildman–Crippen MR) is 63.6 cm³/mol. The number of carboxylic acids is 1. The van der Waals surface area contributed by atoms with Crippen molar-refractivity contribution in [1.82, 2.24) is 10.2 Å². The van der Waals surface area contributed by atoms with Crippen LogP contribution in [0.1, 0.15) is 10.4 Å². The number of hydrogen-bond acceptors (Lipinski definition) is 5. The molecule has 0 atom stereocenters. The fraction of sp³-hybridized carbons (Fsp3) is 0.0909. The molecule has 0 aliphatic heterocycles. The molecule has 94 valence electrons. The number of phenolic OH excluding ortho intramolecular Hbond substituents is 1. The van der Waals surface area contributed by atoms with Crippen LogP contribution in [0.5, 0.6) is 11.5 Å². The van der Waals surface area contributed by atoms with E-state index in [4.69, 9.17) is 15.6 Å². The van der Waals surface area contributed by atoms with E-state index in [-0.39, 0.29) is 28.4 Å². The van der Waals surface area contributed by atoms with Gasteiger partial charge in [0.25, 0.3) is 0 Å². The first kappa shape index (κ1) is 11.8. The number of ether oxygens (including phenoxy) is 1. The highest BCUT2D eigenvalue weighted by atomic mass is 16.5. The molecule has 0 bridgehead atoms. The lowest BCUT2D eigenvalue weighted by Crippen LogP contribution is -1.99. The quantitative estimate of drug-likeness (QED) is 0.645. The molecule has 0 saturated carbocycles. The number of aromatic amines is 1. The van der Waals surface area contributed by atoms with Crippen molar-refractivity contribution < 1.29 is 19.7 Å². The molecule has 2 rings (SSSR count). The third-order valence-corrected chi connectivity index (χ3v) is 2.50. The van der Waals surface area contributed by atoms with E-state index in [9.17, 15) is 9.90 Å². The molecule has 18 heavy (non-hydrogen) atoms. The molecular formula is C11H11N3O4. The van der Waals surface area contributed by atoms with Gasteiger partial charge in [0.15, 0.2) is 11.5 Å². The average Bonchev–Trinajstić information content (AvgIpc) is 2.75. The van der Waals surface area contributed by atoms with E-state index < -0.39 is 5.97 Å². The van der Waals surface area contributed by atoms with E-state index in [0.717, 1.165) is 0 Å². The van der Waals surface area contributed by atoms with E-state index >= 15 is 0 Å². The number of hydrogen-bond donors (Lipinski definition) is 4. The van der Waals surface area contributed by atoms with Crippen molar-refractivity contribution in [3.63, 3.8) is 0 Å². The van der Waals surface area contributed by atoms with Gasteiger partial charge in [-0.25, -0.2) is 4.79 Å². The summed E-state index contributed by atoms with van der Waals surface area (Å²) in [7, 11) is 1.34. The van der Waals surface area contributed by atoms with Gasteiger partial charge in [-0.3, -0.25) is 5.10 Å². The number of nitrogen functional groups attached to an aromatic ring is 1. The molecule has 0 saturated heterocycles. The fourth-order valence-corrected chi connectivity index (χ4v) is 1.60. The Morgan fingerprint density at radius 1 is 1.44 bits per heavy atom. The molecule has 7 nitrogen and oxygen atoms in total. The number of aromatic hydroxyl groups is 1. The van der Waals surface area contributed by atoms with Gasteiger partial charge in [0, 0.05) is 11.1 Å². The van der Waals surface area contributed by atoms with Crippen molar-refractivity contribution in [3.8, 4) is 22.6 Å². The Hall–Kier alpha value is -2.70. The summed E-state index contributed by atoms with van der Waals surface area (Å²) in [6.45, 7) is 0. The number of phenols is 1. The van der Waals surface area contributed by atoms with Crippen LogP contribution in [0.3, 0.4) is 0 Å². The number of rotatable bonds is 3. The maximum absolute atomic E-state index is 11.0. The molecule has 7 heteroatoms. The minimum absolute atomic E-state index is 0.0137. The summed E-state index contributed by atoms with van der Waals surface area (Å²) in [4.78, 5) is 11.0. The molecule has 1 heterocycles. The number of carbonyl (C=O) groups is 1. The molecule has 0 fully saturated rings. The van der Waals surface area contributed by atoms with Crippen LogP contribution in [-0.2, 0) is 0 Å². The Bertz CT molecular complexity index is 606. The maximum Gasteiger partial charge on any atom is 0.335 e. The standard InChI is InChI=1S/C11H11N3O4/c1-18-8-3-5(11(16)17)2-6(9(8)15)7-4-13-14-10(7)12/h2-4,15H,1H3,(H,16,17)(H3,12,13,14). The van der Waals surface area contributed by atoms with Crippen LogP contribution in [0.4, 0.5) is 5.82 Å². The normalized spacial score (nSPS) is 10.3. The van der Waals surface area contributed by atoms with E-state index in [2.05, 4.69) is 10.2 Å². The van der Waals surface area contributed by atoms with Crippen LogP contribution < -0.4 is 10.5 Å². The van der Waals surface area contributed by atoms with Gasteiger partial charge in [0.2, 0.25) is 0 Å². The smallest absolute Gasteiger partial charge is 0.335 e. The Morgan fingerprint density at radius 2 is 2.17 bits per heavy atom. The molecule has 0 aliphatic rings. The van der Waals surface area contributed by atoms with Crippen molar-refractivity contribution in [3.05, 3.63) is 23.9 Å². The number of H-pyrrole nitrogens is 1. The number of benzene rings is 1. The van der Waals surface area contributed by atoms with E-state index in [1.807, 2.05) is 0 Å². The number of anilines is 1. The van der Waals surface area contributed by atoms with Crippen molar-refractivity contribution in [2.45, 2.75) is 0 Å². The lowest BCUT2D eigenvalue weighted by atomic mass is 10.0. The van der Waals surface area contributed by atoms with Crippen LogP contribution in [0.15, 0.2) is 18.3 Å². The fourth-order valence-electron chi connectivity index (χ4n) is 1.60. The number of aromatic carboxylic acids is 1. The molecular weight excluding hydrogens is 238 g/mol. The van der Waals surface area contributed by atoms with Crippen molar-refractivity contribution in [1.29, 1.82) is 0 Å². The number of nitrogens with one attached hydrogen (secondary N) is 1. The van der Waals surface area contributed by atoms with Gasteiger partial charge in [-0.2, -0.15) is 5.10 Å². The molecule has 1 aromatic heterocycles. The lowest BCUT2D eigenvalue weighted by molar-refractivity contribution is 0.0696. The van der Waals surface area contributed by atoms with E-state index in [1.165, 1.54) is 25.4 Å². The minimum atomic E-state index is -1.13. The molecule has 0 spiro atoms. The lowest BCUT2D eigenvalue weighted by Gasteiger charge is -2.09. The summed E-state index contributed by atoms with van der Waals surface area (Å²) < 4.78 is 4.93. The highest BCUT2D eigenvalue weighted by Gasteiger charge is 2.18. The largest absolute Gasteiger partial charge is 0.504 e. The molecule has 0 amide bonds. The second-order valence-electron chi connectivity index (χ2n) is 3.58. The van der Waals surface area contributed by atoms with Crippen LogP contribution in [0.2, 0.25) is 0 Å². The average molecular weight is 249 g/mol. The zero-order chi connectivity index (χ0) is 13.3. The van der Waals surface area contributed by atoms with E-state index in [0.29, 0.717) is 5.56 Å². The first-order valence-electron chi connectivity index (χ1n) is 4.98. The molecule has 0 unspecified atom stereocenters. The van der Waals surface area contributed by atoms with Gasteiger partial charge in [-0.1, -0.05) is 0 Å². The third-order valence-electron chi connectivity index (χ3n) is 2.50. The monoisotopic (exact) mass is 249 g/mol. The van der Waals surface area contributed by atoms with Crippen molar-refractivity contribution in [2.24, 2.45) is 0 Å². The summed E-state index contributed by atoms with van der Waals surface area (Å²) in [6.07, 6.45) is 1.40. The highest BCUT2D eigenvalue weighted by molar-refractivity contribution is 5.92. The minimum Gasteiger partial charge on any atom is -0.504 e. The molecule has 0 radical (unpaired) electrons. The zero-order valence-corrected chi connectivity index (χ0v) is 9.47. The van der Waals surface area contributed by atoms with Crippen molar-refractivity contribution in [2.75, 3.05) is 12.8 Å². The van der Waals surface area contributed by atoms with Crippen LogP contribution in [-0.4, -0.2) is 33.5 Å². The topological polar surface area (TPSA) is 121 Å². The summed E-state index contributed by atoms with van der Waals surface area (Å²) in [5.74, 6) is -1.02. The summed E-state index contributed by atoms with van der Waals surface area (Å²) in [5, 5.41) is 25.2. The van der Waals surface area contributed by atoms with Crippen LogP contribution in [0, 0.1) is 0 Å². The van der Waals surface area contributed by atoms with Crippen LogP contribution in [0.25, 0.3) is 11.1 Å². The predicted octanol–water partition coefficient (Wildman–Crippen LogP) is 1.07. The first-order chi connectivity index (χ1) is 8.54. The SMILES string of the molecule is COc1cc(C(=O)O)cc(-c2cn[nH]c2N)c1O. The second kappa shape index (κ2) is 4.28. The van der Waals surface area contributed by atoms with Crippen molar-refractivity contribution >= 4 is 11.8 Å². The molecule has 2 aromatic rings. The van der Waals surface area contributed by atoms with Gasteiger partial charge in [-0.15, -0.1) is 0 Å². The summed E-state index contributed by atoms with van der Waals surface area (Å²) >= 11 is 0. The van der Waals surface area contributed by atoms with Gasteiger partial charge in [0.05, 0.1) is 18.9 Å². The maximum atomic E-state index is 11.0. The van der Waals surface area contributed by atoms with Gasteiger partial charge >= 0.3 is 5.97 Å². The van der Waals surface area contributed by atoms with Gasteiger partial charge in [-0.05, 0) is 12.1 Å². The Labute approximate surface area is 102 Å². The number of nitrogens with two attached hydrogens (primary N) is 1. The molecule has 5 N–H and O–H groups in total. The zero-order valence-electron chi connectivity index (χ0n) is 9.47. The number of aromatic nitrogens is 2. The Balaban J connectivity index is 2.70. The van der Waals surface area contributed by atoms with E-state index in [1.54, 1.807) is 0 Å². The van der Waals surface area contributed by atoms with Crippen LogP contribution >= 0.6 is 0 Å². The summed E-state index contributed by atoms with van der Waals surface area (Å²) in [6, 6.07) is 2.54. The number of carboxylic acid groups (broad SMARTS) is 1. The van der Waals surface area contributed by atoms with Gasteiger partial charge in [0.1, 0.15) is 5.82 Å². The second-order valence-corrected chi connectivity index (χ2v) is 3.58. The number of nitrogens with zero attached hydrogens (tertiary/aromatic N) is 1. The Kier molecular flexibility index (Phi) is 2.80. The third kappa shape index (κ3) is 1.81. The number of methoxy groups -OCH3 is 1. The van der Waals surface area contributed by atoms with Gasteiger partial charge < -0.3 is 20.7 Å². The first-order valence-corrected chi connectivity index (χ1v) is 4.98. The summed E-state index contributed by atoms with van der Waals surface area (Å²) in [5.41, 5.74) is 6.29.